The van der Waals surface area contributed by atoms with Gasteiger partial charge < -0.3 is 10.2 Å². The van der Waals surface area contributed by atoms with Crippen molar-refractivity contribution >= 4 is 11.0 Å². The molecular formula is C15H10F6O2Si. The minimum absolute atomic E-state index is 0. The van der Waals surface area contributed by atoms with Crippen molar-refractivity contribution in [3.63, 3.8) is 0 Å². The lowest BCUT2D eigenvalue weighted by Crippen LogP contribution is -2.54. The first-order valence-corrected chi connectivity index (χ1v) is 6.22. The molecule has 0 amide bonds. The van der Waals surface area contributed by atoms with Crippen molar-refractivity contribution in [2.75, 3.05) is 0 Å². The Morgan fingerprint density at radius 1 is 0.542 bits per heavy atom. The molecule has 0 aliphatic heterocycles. The Morgan fingerprint density at radius 2 is 0.792 bits per heavy atom. The van der Waals surface area contributed by atoms with Crippen LogP contribution in [0.25, 0.3) is 0 Å². The largest absolute Gasteiger partial charge is 0.508 e. The normalized spacial score (nSPS) is 12.6. The van der Waals surface area contributed by atoms with Gasteiger partial charge in [0.1, 0.15) is 11.5 Å². The molecule has 0 heterocycles. The highest BCUT2D eigenvalue weighted by atomic mass is 28.1. The molecule has 128 valence electrons. The number of benzene rings is 2. The Hall–Kier alpha value is -2.16. The maximum absolute atomic E-state index is 13.6. The molecule has 24 heavy (non-hydrogen) atoms. The number of hydrogen-bond donors (Lipinski definition) is 2. The molecule has 0 spiro atoms. The first-order valence-electron chi connectivity index (χ1n) is 6.22. The van der Waals surface area contributed by atoms with Gasteiger partial charge in [-0.25, -0.2) is 0 Å². The summed E-state index contributed by atoms with van der Waals surface area (Å²) in [4.78, 5) is 0. The van der Waals surface area contributed by atoms with Crippen LogP contribution in [0, 0.1) is 0 Å². The number of aromatic hydroxyl groups is 2. The fourth-order valence-electron chi connectivity index (χ4n) is 2.40. The van der Waals surface area contributed by atoms with E-state index in [1.807, 2.05) is 0 Å². The zero-order valence-electron chi connectivity index (χ0n) is 11.8. The SMILES string of the molecule is Oc1ccc(C(c2ccc(O)cc2)(C(F)(F)F)C(F)(F)F)cc1.[Si]. The number of phenolic OH excluding ortho intramolecular Hbond substituents is 2. The molecule has 0 aliphatic rings. The van der Waals surface area contributed by atoms with E-state index in [9.17, 15) is 26.3 Å². The number of halogens is 6. The molecule has 2 nitrogen and oxygen atoms in total. The third-order valence-corrected chi connectivity index (χ3v) is 3.45. The molecule has 2 rings (SSSR count). The number of alkyl halides is 6. The number of phenols is 2. The van der Waals surface area contributed by atoms with Crippen molar-refractivity contribution in [3.8, 4) is 11.5 Å². The van der Waals surface area contributed by atoms with E-state index in [-0.39, 0.29) is 11.0 Å². The van der Waals surface area contributed by atoms with Gasteiger partial charge in [0.15, 0.2) is 0 Å². The van der Waals surface area contributed by atoms with E-state index >= 15 is 0 Å². The summed E-state index contributed by atoms with van der Waals surface area (Å²) in [6.45, 7) is 0. The Kier molecular flexibility index (Phi) is 5.29. The summed E-state index contributed by atoms with van der Waals surface area (Å²) in [5.41, 5.74) is -6.44. The van der Waals surface area contributed by atoms with Gasteiger partial charge in [-0.05, 0) is 35.4 Å². The summed E-state index contributed by atoms with van der Waals surface area (Å²) in [7, 11) is 0. The molecule has 0 bridgehead atoms. The van der Waals surface area contributed by atoms with Crippen LogP contribution in [0.15, 0.2) is 48.5 Å². The predicted molar refractivity (Wildman–Crippen MR) is 74.9 cm³/mol. The van der Waals surface area contributed by atoms with Gasteiger partial charge in [0.05, 0.1) is 0 Å². The maximum atomic E-state index is 13.6. The van der Waals surface area contributed by atoms with E-state index in [0.29, 0.717) is 24.3 Å². The Morgan fingerprint density at radius 3 is 1.00 bits per heavy atom. The van der Waals surface area contributed by atoms with Gasteiger partial charge in [-0.3, -0.25) is 0 Å². The highest BCUT2D eigenvalue weighted by Gasteiger charge is 2.72. The van der Waals surface area contributed by atoms with Crippen LogP contribution in [0.2, 0.25) is 0 Å². The Labute approximate surface area is 137 Å². The van der Waals surface area contributed by atoms with Gasteiger partial charge in [-0.1, -0.05) is 24.3 Å². The van der Waals surface area contributed by atoms with Crippen LogP contribution in [-0.2, 0) is 5.41 Å². The first-order chi connectivity index (χ1) is 10.5. The first kappa shape index (κ1) is 19.9. The van der Waals surface area contributed by atoms with Crippen molar-refractivity contribution in [1.29, 1.82) is 0 Å². The summed E-state index contributed by atoms with van der Waals surface area (Å²) < 4.78 is 81.6. The molecule has 0 unspecified atom stereocenters. The van der Waals surface area contributed by atoms with Crippen molar-refractivity contribution in [2.24, 2.45) is 0 Å². The topological polar surface area (TPSA) is 40.5 Å². The summed E-state index contributed by atoms with van der Waals surface area (Å²) in [5, 5.41) is 18.3. The second kappa shape index (κ2) is 6.38. The van der Waals surface area contributed by atoms with Crippen molar-refractivity contribution in [1.82, 2.24) is 0 Å². The molecule has 0 fully saturated rings. The molecular weight excluding hydrogens is 354 g/mol. The second-order valence-corrected chi connectivity index (χ2v) is 4.84. The van der Waals surface area contributed by atoms with Crippen LogP contribution in [0.4, 0.5) is 26.3 Å². The highest BCUT2D eigenvalue weighted by Crippen LogP contribution is 2.56. The molecule has 0 atom stereocenters. The van der Waals surface area contributed by atoms with Crippen LogP contribution in [-0.4, -0.2) is 33.5 Å². The summed E-state index contributed by atoms with van der Waals surface area (Å²) in [5.74, 6) is -0.921. The van der Waals surface area contributed by atoms with Gasteiger partial charge in [0, 0.05) is 11.0 Å². The van der Waals surface area contributed by atoms with Gasteiger partial charge in [-0.2, -0.15) is 26.3 Å². The Bertz CT molecular complexity index is 616. The standard InChI is InChI=1S/C15H10F6O2.Si/c16-14(17,18)13(15(19,20)21,9-1-5-11(22)6-2-9)10-3-7-12(23)8-4-10;/h1-8,22-23H;. The minimum atomic E-state index is -5.70. The molecule has 2 aromatic rings. The Balaban J connectivity index is 0.00000288. The van der Waals surface area contributed by atoms with E-state index in [2.05, 4.69) is 0 Å². The van der Waals surface area contributed by atoms with E-state index in [0.717, 1.165) is 24.3 Å². The van der Waals surface area contributed by atoms with Crippen LogP contribution < -0.4 is 0 Å². The van der Waals surface area contributed by atoms with Crippen molar-refractivity contribution in [2.45, 2.75) is 17.8 Å². The molecule has 2 aromatic carbocycles. The summed E-state index contributed by atoms with van der Waals surface area (Å²) in [6.07, 6.45) is -11.4. The molecule has 9 heteroatoms. The monoisotopic (exact) mass is 364 g/mol. The van der Waals surface area contributed by atoms with Crippen LogP contribution in [0.3, 0.4) is 0 Å². The fourth-order valence-corrected chi connectivity index (χ4v) is 2.40. The summed E-state index contributed by atoms with van der Waals surface area (Å²) >= 11 is 0. The number of hydrogen-bond acceptors (Lipinski definition) is 2. The lowest BCUT2D eigenvalue weighted by atomic mass is 9.73. The van der Waals surface area contributed by atoms with Gasteiger partial charge in [-0.15, -0.1) is 0 Å². The van der Waals surface area contributed by atoms with Crippen LogP contribution in [0.5, 0.6) is 11.5 Å². The zero-order valence-corrected chi connectivity index (χ0v) is 12.8. The molecule has 0 saturated heterocycles. The third kappa shape index (κ3) is 3.08. The lowest BCUT2D eigenvalue weighted by Gasteiger charge is -2.38. The molecule has 4 radical (unpaired) electrons. The third-order valence-electron chi connectivity index (χ3n) is 3.45. The second-order valence-electron chi connectivity index (χ2n) is 4.84. The van der Waals surface area contributed by atoms with Gasteiger partial charge >= 0.3 is 12.4 Å². The minimum Gasteiger partial charge on any atom is -0.508 e. The maximum Gasteiger partial charge on any atom is 0.411 e. The number of rotatable bonds is 2. The smallest absolute Gasteiger partial charge is 0.411 e. The van der Waals surface area contributed by atoms with Gasteiger partial charge in [0.2, 0.25) is 5.41 Å². The lowest BCUT2D eigenvalue weighted by molar-refractivity contribution is -0.288. The van der Waals surface area contributed by atoms with E-state index in [1.165, 1.54) is 0 Å². The zero-order chi connectivity index (χ0) is 17.5. The van der Waals surface area contributed by atoms with Crippen LogP contribution >= 0.6 is 0 Å². The molecule has 0 saturated carbocycles. The van der Waals surface area contributed by atoms with E-state index in [1.54, 1.807) is 0 Å². The summed E-state index contributed by atoms with van der Waals surface area (Å²) in [6, 6.07) is 5.30. The highest BCUT2D eigenvalue weighted by molar-refractivity contribution is 5.75. The molecule has 0 aromatic heterocycles. The van der Waals surface area contributed by atoms with Crippen molar-refractivity contribution < 1.29 is 36.6 Å². The fraction of sp³-hybridized carbons (Fsp3) is 0.200. The molecule has 2 N–H and O–H groups in total. The quantitative estimate of drug-likeness (QED) is 0.622. The average Bonchev–Trinajstić information content (AvgIpc) is 2.40. The van der Waals surface area contributed by atoms with Gasteiger partial charge in [0.25, 0.3) is 0 Å². The van der Waals surface area contributed by atoms with Crippen molar-refractivity contribution in [3.05, 3.63) is 59.7 Å². The predicted octanol–water partition coefficient (Wildman–Crippen LogP) is 4.13. The average molecular weight is 364 g/mol. The van der Waals surface area contributed by atoms with E-state index in [4.69, 9.17) is 10.2 Å². The molecule has 0 aliphatic carbocycles. The van der Waals surface area contributed by atoms with Crippen LogP contribution in [0.1, 0.15) is 11.1 Å². The van der Waals surface area contributed by atoms with E-state index < -0.39 is 40.4 Å².